The molecule has 0 aromatic heterocycles. The molecule has 0 aliphatic rings. The van der Waals surface area contributed by atoms with Crippen molar-refractivity contribution in [2.75, 3.05) is 26.4 Å². The Bertz CT molecular complexity index is 1040. The van der Waals surface area contributed by atoms with Crippen molar-refractivity contribution >= 4 is 15.6 Å². The molecule has 0 aliphatic heterocycles. The first-order chi connectivity index (χ1) is 16.9. The number of hydrogen-bond donors (Lipinski definition) is 1. The molecule has 188 valence electrons. The van der Waals surface area contributed by atoms with Gasteiger partial charge in [0.15, 0.2) is 0 Å². The molecule has 9 nitrogen and oxygen atoms in total. The van der Waals surface area contributed by atoms with E-state index in [1.165, 1.54) is 0 Å². The summed E-state index contributed by atoms with van der Waals surface area (Å²) in [6, 6.07) is 25.5. The molecule has 3 aromatic carbocycles. The summed E-state index contributed by atoms with van der Waals surface area (Å²) < 4.78 is 57.0. The lowest BCUT2D eigenvalue weighted by Gasteiger charge is -2.19. The van der Waals surface area contributed by atoms with Crippen LogP contribution in [0.5, 0.6) is 17.2 Å². The maximum absolute atomic E-state index is 13.2. The zero-order valence-corrected chi connectivity index (χ0v) is 20.8. The van der Waals surface area contributed by atoms with Gasteiger partial charge in [-0.1, -0.05) is 54.6 Å². The maximum atomic E-state index is 13.2. The fourth-order valence-electron chi connectivity index (χ4n) is 2.71. The number of hydrogen-bond acceptors (Lipinski definition) is 8. The molecule has 0 bridgehead atoms. The van der Waals surface area contributed by atoms with Crippen LogP contribution in [0.1, 0.15) is 12.8 Å². The minimum absolute atomic E-state index is 0.0118. The van der Waals surface area contributed by atoms with Crippen molar-refractivity contribution in [1.82, 2.24) is 0 Å². The van der Waals surface area contributed by atoms with Crippen LogP contribution in [0.15, 0.2) is 91.0 Å². The average molecular weight is 522 g/mol. The van der Waals surface area contributed by atoms with Gasteiger partial charge in [-0.2, -0.15) is 0 Å². The van der Waals surface area contributed by atoms with Crippen LogP contribution in [0.4, 0.5) is 0 Å². The molecule has 0 heterocycles. The Labute approximate surface area is 204 Å². The van der Waals surface area contributed by atoms with Gasteiger partial charge in [0.2, 0.25) is 0 Å². The molecule has 0 aliphatic carbocycles. The van der Waals surface area contributed by atoms with E-state index in [9.17, 15) is 14.0 Å². The quantitative estimate of drug-likeness (QED) is 0.172. The SMILES string of the molecule is O=P(O)(OCCCOCCCOP(=O)(Oc1ccccc1)Oc1ccccc1)Oc1ccccc1. The van der Waals surface area contributed by atoms with Gasteiger partial charge in [0.05, 0.1) is 13.2 Å². The van der Waals surface area contributed by atoms with Crippen molar-refractivity contribution in [3.05, 3.63) is 91.0 Å². The fraction of sp³-hybridized carbons (Fsp3) is 0.250. The molecular weight excluding hydrogens is 494 g/mol. The molecule has 3 aromatic rings. The third kappa shape index (κ3) is 10.7. The topological polar surface area (TPSA) is 110 Å². The minimum atomic E-state index is -4.19. The molecule has 0 spiro atoms. The van der Waals surface area contributed by atoms with Gasteiger partial charge in [0, 0.05) is 13.2 Å². The first kappa shape index (κ1) is 27.0. The molecule has 0 amide bonds. The third-order valence-electron chi connectivity index (χ3n) is 4.25. The number of phosphoric ester groups is 2. The van der Waals surface area contributed by atoms with Gasteiger partial charge in [0.25, 0.3) is 0 Å². The number of para-hydroxylation sites is 3. The second-order valence-corrected chi connectivity index (χ2v) is 10.0. The molecule has 1 atom stereocenters. The van der Waals surface area contributed by atoms with Crippen molar-refractivity contribution in [2.24, 2.45) is 0 Å². The van der Waals surface area contributed by atoms with E-state index in [4.69, 9.17) is 27.4 Å². The summed E-state index contributed by atoms with van der Waals surface area (Å²) in [7, 11) is -8.12. The molecule has 35 heavy (non-hydrogen) atoms. The predicted octanol–water partition coefficient (Wildman–Crippen LogP) is 6.26. The zero-order valence-electron chi connectivity index (χ0n) is 19.0. The summed E-state index contributed by atoms with van der Waals surface area (Å²) in [5.74, 6) is 0.972. The highest BCUT2D eigenvalue weighted by molar-refractivity contribution is 7.49. The van der Waals surface area contributed by atoms with Crippen molar-refractivity contribution in [3.63, 3.8) is 0 Å². The number of benzene rings is 3. The normalized spacial score (nSPS) is 13.1. The Kier molecular flexibility index (Phi) is 10.8. The maximum Gasteiger partial charge on any atom is 0.587 e. The van der Waals surface area contributed by atoms with Gasteiger partial charge in [-0.3, -0.25) is 13.9 Å². The molecule has 1 unspecified atom stereocenters. The van der Waals surface area contributed by atoms with E-state index < -0.39 is 15.6 Å². The second kappa shape index (κ2) is 14.0. The van der Waals surface area contributed by atoms with Gasteiger partial charge < -0.3 is 18.3 Å². The summed E-state index contributed by atoms with van der Waals surface area (Å²) in [4.78, 5) is 9.73. The first-order valence-electron chi connectivity index (χ1n) is 11.0. The minimum Gasteiger partial charge on any atom is -0.404 e. The average Bonchev–Trinajstić information content (AvgIpc) is 2.84. The molecule has 0 saturated carbocycles. The Morgan fingerprint density at radius 2 is 0.943 bits per heavy atom. The molecule has 0 fully saturated rings. The van der Waals surface area contributed by atoms with Crippen LogP contribution < -0.4 is 13.6 Å². The zero-order chi connectivity index (χ0) is 24.8. The van der Waals surface area contributed by atoms with Crippen LogP contribution in [0.25, 0.3) is 0 Å². The summed E-state index contributed by atoms with van der Waals surface area (Å²) >= 11 is 0. The van der Waals surface area contributed by atoms with E-state index in [-0.39, 0.29) is 19.0 Å². The van der Waals surface area contributed by atoms with Crippen molar-refractivity contribution < 1.29 is 41.4 Å². The molecular formula is C24H28O9P2. The smallest absolute Gasteiger partial charge is 0.404 e. The van der Waals surface area contributed by atoms with Crippen molar-refractivity contribution in [1.29, 1.82) is 0 Å². The van der Waals surface area contributed by atoms with Gasteiger partial charge in [-0.05, 0) is 49.2 Å². The molecule has 1 N–H and O–H groups in total. The highest BCUT2D eigenvalue weighted by Crippen LogP contribution is 2.49. The lowest BCUT2D eigenvalue weighted by Crippen LogP contribution is -2.08. The molecule has 11 heteroatoms. The lowest BCUT2D eigenvalue weighted by atomic mass is 10.3. The summed E-state index contributed by atoms with van der Waals surface area (Å²) in [5, 5.41) is 0. The van der Waals surface area contributed by atoms with E-state index >= 15 is 0 Å². The van der Waals surface area contributed by atoms with Gasteiger partial charge in [0.1, 0.15) is 17.2 Å². The standard InChI is InChI=1S/C24H28O9P2/c25-34(26,31-22-12-4-1-5-13-22)29-20-10-18-28-19-11-21-30-35(27,32-23-14-6-2-7-15-23)33-24-16-8-3-9-17-24/h1-9,12-17H,10-11,18-21H2,(H,25,26). The Morgan fingerprint density at radius 3 is 1.40 bits per heavy atom. The van der Waals surface area contributed by atoms with Crippen molar-refractivity contribution in [2.45, 2.75) is 12.8 Å². The number of phosphoric acid groups is 2. The van der Waals surface area contributed by atoms with E-state index in [0.29, 0.717) is 37.6 Å². The molecule has 0 saturated heterocycles. The third-order valence-corrected chi connectivity index (χ3v) is 6.57. The van der Waals surface area contributed by atoms with Crippen LogP contribution in [-0.2, 0) is 22.9 Å². The lowest BCUT2D eigenvalue weighted by molar-refractivity contribution is 0.0982. The van der Waals surface area contributed by atoms with E-state index in [0.717, 1.165) is 0 Å². The van der Waals surface area contributed by atoms with E-state index in [1.807, 2.05) is 12.1 Å². The predicted molar refractivity (Wildman–Crippen MR) is 131 cm³/mol. The monoisotopic (exact) mass is 522 g/mol. The second-order valence-electron chi connectivity index (χ2n) is 7.11. The molecule has 0 radical (unpaired) electrons. The van der Waals surface area contributed by atoms with Gasteiger partial charge in [-0.15, -0.1) is 0 Å². The summed E-state index contributed by atoms with van der Waals surface area (Å²) in [5.41, 5.74) is 0. The van der Waals surface area contributed by atoms with Crippen LogP contribution in [0, 0.1) is 0 Å². The van der Waals surface area contributed by atoms with E-state index in [2.05, 4.69) is 0 Å². The van der Waals surface area contributed by atoms with Crippen LogP contribution >= 0.6 is 15.6 Å². The Balaban J connectivity index is 1.34. The Morgan fingerprint density at radius 1 is 0.543 bits per heavy atom. The van der Waals surface area contributed by atoms with E-state index in [1.54, 1.807) is 78.9 Å². The highest BCUT2D eigenvalue weighted by atomic mass is 31.2. The Hall–Kier alpha value is -2.64. The van der Waals surface area contributed by atoms with Crippen molar-refractivity contribution in [3.8, 4) is 17.2 Å². The largest absolute Gasteiger partial charge is 0.587 e. The highest BCUT2D eigenvalue weighted by Gasteiger charge is 2.30. The van der Waals surface area contributed by atoms with Gasteiger partial charge in [-0.25, -0.2) is 9.13 Å². The van der Waals surface area contributed by atoms with Crippen LogP contribution in [0.2, 0.25) is 0 Å². The summed E-state index contributed by atoms with van der Waals surface area (Å²) in [6.45, 7) is 0.671. The van der Waals surface area contributed by atoms with Crippen LogP contribution in [-0.4, -0.2) is 31.3 Å². The number of rotatable bonds is 16. The number of ether oxygens (including phenoxy) is 1. The van der Waals surface area contributed by atoms with Gasteiger partial charge >= 0.3 is 15.6 Å². The summed E-state index contributed by atoms with van der Waals surface area (Å²) in [6.07, 6.45) is 0.813. The first-order valence-corrected chi connectivity index (χ1v) is 13.9. The van der Waals surface area contributed by atoms with Crippen LogP contribution in [0.3, 0.4) is 0 Å². The molecule has 3 rings (SSSR count). The fourth-order valence-corrected chi connectivity index (χ4v) is 4.77.